The van der Waals surface area contributed by atoms with Gasteiger partial charge in [-0.15, -0.1) is 11.8 Å². The van der Waals surface area contributed by atoms with Gasteiger partial charge in [-0.05, 0) is 12.1 Å². The Morgan fingerprint density at radius 3 is 2.76 bits per heavy atom. The number of thioether (sulfide) groups is 1. The van der Waals surface area contributed by atoms with Crippen LogP contribution in [0.4, 0.5) is 11.4 Å². The third kappa shape index (κ3) is 3.94. The molecule has 0 saturated heterocycles. The minimum absolute atomic E-state index is 0.0980. The number of hydrogen-bond donors (Lipinski definition) is 1. The standard InChI is InChI=1S/C13H16N4O3S/c1-13(2,3)21-7-11-15-12(20-16-11)8-4-5-9(14)10(6-8)17(18)19/h4-6H,7,14H2,1-3H3. The maximum absolute atomic E-state index is 10.9. The maximum Gasteiger partial charge on any atom is 0.292 e. The lowest BCUT2D eigenvalue weighted by atomic mass is 10.2. The van der Waals surface area contributed by atoms with E-state index < -0.39 is 4.92 Å². The van der Waals surface area contributed by atoms with E-state index in [1.54, 1.807) is 17.8 Å². The van der Waals surface area contributed by atoms with Crippen LogP contribution in [0.2, 0.25) is 0 Å². The van der Waals surface area contributed by atoms with Gasteiger partial charge in [0.15, 0.2) is 5.82 Å². The van der Waals surface area contributed by atoms with Crippen molar-refractivity contribution in [1.29, 1.82) is 0 Å². The van der Waals surface area contributed by atoms with E-state index in [0.29, 0.717) is 17.1 Å². The average Bonchev–Trinajstić information content (AvgIpc) is 2.84. The van der Waals surface area contributed by atoms with Gasteiger partial charge in [0.1, 0.15) is 5.69 Å². The molecule has 1 aromatic carbocycles. The molecule has 0 saturated carbocycles. The van der Waals surface area contributed by atoms with Crippen molar-refractivity contribution in [3.8, 4) is 11.5 Å². The van der Waals surface area contributed by atoms with Crippen LogP contribution in [-0.2, 0) is 5.75 Å². The Morgan fingerprint density at radius 1 is 1.43 bits per heavy atom. The number of nitro benzene ring substituents is 1. The number of anilines is 1. The number of rotatable bonds is 4. The second-order valence-corrected chi connectivity index (χ2v) is 7.25. The highest BCUT2D eigenvalue weighted by molar-refractivity contribution is 7.99. The van der Waals surface area contributed by atoms with Crippen LogP contribution < -0.4 is 5.73 Å². The second-order valence-electron chi connectivity index (χ2n) is 5.45. The van der Waals surface area contributed by atoms with Crippen LogP contribution in [0, 0.1) is 10.1 Å². The van der Waals surface area contributed by atoms with E-state index in [9.17, 15) is 10.1 Å². The summed E-state index contributed by atoms with van der Waals surface area (Å²) in [6, 6.07) is 4.42. The van der Waals surface area contributed by atoms with Crippen molar-refractivity contribution in [3.63, 3.8) is 0 Å². The van der Waals surface area contributed by atoms with E-state index in [0.717, 1.165) is 0 Å². The third-order valence-electron chi connectivity index (χ3n) is 2.58. The van der Waals surface area contributed by atoms with E-state index in [1.165, 1.54) is 12.1 Å². The first kappa shape index (κ1) is 15.3. The second kappa shape index (κ2) is 5.72. The topological polar surface area (TPSA) is 108 Å². The molecule has 112 valence electrons. The molecule has 0 bridgehead atoms. The van der Waals surface area contributed by atoms with Gasteiger partial charge in [-0.1, -0.05) is 25.9 Å². The summed E-state index contributed by atoms with van der Waals surface area (Å²) in [4.78, 5) is 14.6. The van der Waals surface area contributed by atoms with Crippen LogP contribution in [0.1, 0.15) is 26.6 Å². The minimum Gasteiger partial charge on any atom is -0.393 e. The fourth-order valence-electron chi connectivity index (χ4n) is 1.55. The van der Waals surface area contributed by atoms with E-state index in [1.807, 2.05) is 0 Å². The summed E-state index contributed by atoms with van der Waals surface area (Å²) in [5.74, 6) is 1.43. The van der Waals surface area contributed by atoms with Gasteiger partial charge >= 0.3 is 0 Å². The molecule has 2 rings (SSSR count). The van der Waals surface area contributed by atoms with Crippen LogP contribution >= 0.6 is 11.8 Å². The molecule has 0 aliphatic carbocycles. The highest BCUT2D eigenvalue weighted by Crippen LogP contribution is 2.29. The number of nitrogen functional groups attached to an aromatic ring is 1. The molecule has 0 atom stereocenters. The first-order valence-corrected chi connectivity index (χ1v) is 7.25. The Labute approximate surface area is 126 Å². The highest BCUT2D eigenvalue weighted by Gasteiger charge is 2.17. The molecule has 8 heteroatoms. The zero-order valence-corrected chi connectivity index (χ0v) is 12.8. The quantitative estimate of drug-likeness (QED) is 0.524. The summed E-state index contributed by atoms with van der Waals surface area (Å²) < 4.78 is 5.25. The predicted octanol–water partition coefficient (Wildman–Crippen LogP) is 3.26. The number of benzene rings is 1. The molecule has 2 N–H and O–H groups in total. The molecule has 0 radical (unpaired) electrons. The number of nitro groups is 1. The van der Waals surface area contributed by atoms with E-state index in [4.69, 9.17) is 10.3 Å². The van der Waals surface area contributed by atoms with Gasteiger partial charge in [-0.25, -0.2) is 0 Å². The van der Waals surface area contributed by atoms with Crippen molar-refractivity contribution in [3.05, 3.63) is 34.1 Å². The van der Waals surface area contributed by atoms with Crippen molar-refractivity contribution in [2.75, 3.05) is 5.73 Å². The lowest BCUT2D eigenvalue weighted by Gasteiger charge is -2.15. The number of nitrogens with two attached hydrogens (primary N) is 1. The number of nitrogens with zero attached hydrogens (tertiary/aromatic N) is 3. The molecule has 0 spiro atoms. The van der Waals surface area contributed by atoms with Crippen LogP contribution in [0.15, 0.2) is 22.7 Å². The Morgan fingerprint density at radius 2 is 2.14 bits per heavy atom. The lowest BCUT2D eigenvalue weighted by molar-refractivity contribution is -0.383. The van der Waals surface area contributed by atoms with Crippen molar-refractivity contribution in [1.82, 2.24) is 10.1 Å². The SMILES string of the molecule is CC(C)(C)SCc1noc(-c2ccc(N)c([N+](=O)[O-])c2)n1. The molecule has 1 heterocycles. The van der Waals surface area contributed by atoms with Gasteiger partial charge in [-0.3, -0.25) is 10.1 Å². The Kier molecular flexibility index (Phi) is 4.17. The monoisotopic (exact) mass is 308 g/mol. The molecule has 0 amide bonds. The van der Waals surface area contributed by atoms with E-state index >= 15 is 0 Å². The molecular formula is C13H16N4O3S. The fraction of sp³-hybridized carbons (Fsp3) is 0.385. The number of aromatic nitrogens is 2. The average molecular weight is 308 g/mol. The smallest absolute Gasteiger partial charge is 0.292 e. The lowest BCUT2D eigenvalue weighted by Crippen LogP contribution is -2.07. The first-order chi connectivity index (χ1) is 9.76. The van der Waals surface area contributed by atoms with Gasteiger partial charge in [-0.2, -0.15) is 4.98 Å². The van der Waals surface area contributed by atoms with Crippen molar-refractivity contribution >= 4 is 23.1 Å². The molecular weight excluding hydrogens is 292 g/mol. The normalized spacial score (nSPS) is 11.6. The van der Waals surface area contributed by atoms with Gasteiger partial charge < -0.3 is 10.3 Å². The largest absolute Gasteiger partial charge is 0.393 e. The highest BCUT2D eigenvalue weighted by atomic mass is 32.2. The summed E-state index contributed by atoms with van der Waals surface area (Å²) in [5, 5.41) is 14.8. The molecule has 7 nitrogen and oxygen atoms in total. The van der Waals surface area contributed by atoms with Crippen molar-refractivity contribution in [2.24, 2.45) is 0 Å². The molecule has 0 fully saturated rings. The minimum atomic E-state index is -0.536. The zero-order valence-electron chi connectivity index (χ0n) is 12.0. The third-order valence-corrected chi connectivity index (χ3v) is 3.85. The van der Waals surface area contributed by atoms with Crippen LogP contribution in [0.5, 0.6) is 0 Å². The summed E-state index contributed by atoms with van der Waals surface area (Å²) in [7, 11) is 0. The van der Waals surface area contributed by atoms with Crippen LogP contribution in [0.3, 0.4) is 0 Å². The van der Waals surface area contributed by atoms with Gasteiger partial charge in [0.25, 0.3) is 11.6 Å². The Bertz CT molecular complexity index is 664. The summed E-state index contributed by atoms with van der Waals surface area (Å²) in [6.45, 7) is 6.30. The van der Waals surface area contributed by atoms with E-state index in [2.05, 4.69) is 30.9 Å². The van der Waals surface area contributed by atoms with Crippen LogP contribution in [-0.4, -0.2) is 19.8 Å². The maximum atomic E-state index is 10.9. The van der Waals surface area contributed by atoms with E-state index in [-0.39, 0.29) is 22.0 Å². The summed E-state index contributed by atoms with van der Waals surface area (Å²) in [6.07, 6.45) is 0. The van der Waals surface area contributed by atoms with Crippen LogP contribution in [0.25, 0.3) is 11.5 Å². The molecule has 1 aromatic heterocycles. The predicted molar refractivity (Wildman–Crippen MR) is 81.8 cm³/mol. The molecule has 2 aromatic rings. The fourth-order valence-corrected chi connectivity index (χ4v) is 2.23. The first-order valence-electron chi connectivity index (χ1n) is 6.27. The summed E-state index contributed by atoms with van der Waals surface area (Å²) >= 11 is 1.69. The number of hydrogen-bond acceptors (Lipinski definition) is 7. The van der Waals surface area contributed by atoms with Gasteiger partial charge in [0.2, 0.25) is 0 Å². The molecule has 21 heavy (non-hydrogen) atoms. The molecule has 0 unspecified atom stereocenters. The Balaban J connectivity index is 2.22. The zero-order chi connectivity index (χ0) is 15.6. The van der Waals surface area contributed by atoms with Gasteiger partial charge in [0.05, 0.1) is 10.7 Å². The van der Waals surface area contributed by atoms with Crippen molar-refractivity contribution in [2.45, 2.75) is 31.3 Å². The summed E-state index contributed by atoms with van der Waals surface area (Å²) in [5.41, 5.74) is 5.97. The molecule has 0 aliphatic rings. The van der Waals surface area contributed by atoms with Gasteiger partial charge in [0, 0.05) is 16.4 Å². The van der Waals surface area contributed by atoms with Crippen molar-refractivity contribution < 1.29 is 9.45 Å². The molecule has 0 aliphatic heterocycles. The Hall–Kier alpha value is -2.09.